The van der Waals surface area contributed by atoms with Crippen LogP contribution < -0.4 is 11.2 Å². The highest BCUT2D eigenvalue weighted by Crippen LogP contribution is 2.11. The highest BCUT2D eigenvalue weighted by molar-refractivity contribution is 5.91. The first-order valence-electron chi connectivity index (χ1n) is 9.71. The molecule has 2 aromatic carbocycles. The smallest absolute Gasteiger partial charge is 0.338 e. The van der Waals surface area contributed by atoms with E-state index in [0.29, 0.717) is 24.2 Å². The second-order valence-corrected chi connectivity index (χ2v) is 6.83. The normalized spacial score (nSPS) is 10.8. The number of hydrogen-bond acceptors (Lipinski definition) is 4. The van der Waals surface area contributed by atoms with Gasteiger partial charge in [-0.25, -0.2) is 9.18 Å². The van der Waals surface area contributed by atoms with E-state index in [9.17, 15) is 18.8 Å². The van der Waals surface area contributed by atoms with Crippen LogP contribution >= 0.6 is 0 Å². The van der Waals surface area contributed by atoms with Gasteiger partial charge in [-0.15, -0.1) is 0 Å². The van der Waals surface area contributed by atoms with Gasteiger partial charge in [-0.3, -0.25) is 14.2 Å². The topological polar surface area (TPSA) is 77.2 Å². The van der Waals surface area contributed by atoms with Gasteiger partial charge in [-0.2, -0.15) is 9.78 Å². The van der Waals surface area contributed by atoms with E-state index in [0.717, 1.165) is 15.3 Å². The van der Waals surface area contributed by atoms with Crippen molar-refractivity contribution >= 4 is 5.91 Å². The Morgan fingerprint density at radius 2 is 1.73 bits per heavy atom. The fourth-order valence-electron chi connectivity index (χ4n) is 3.10. The number of aromatic nitrogens is 3. The summed E-state index contributed by atoms with van der Waals surface area (Å²) < 4.78 is 16.0. The fraction of sp³-hybridized carbons (Fsp3) is 0.273. The third-order valence-electron chi connectivity index (χ3n) is 4.90. The molecule has 0 fully saturated rings. The zero-order valence-corrected chi connectivity index (χ0v) is 17.1. The van der Waals surface area contributed by atoms with Crippen molar-refractivity contribution in [3.63, 3.8) is 0 Å². The molecule has 0 aliphatic carbocycles. The third-order valence-corrected chi connectivity index (χ3v) is 4.90. The summed E-state index contributed by atoms with van der Waals surface area (Å²) in [5.74, 6) is -1.09. The number of hydrogen-bond donors (Lipinski definition) is 0. The van der Waals surface area contributed by atoms with Crippen LogP contribution in [0.2, 0.25) is 0 Å². The zero-order valence-electron chi connectivity index (χ0n) is 17.1. The summed E-state index contributed by atoms with van der Waals surface area (Å²) in [6.45, 7) is 5.90. The molecule has 0 radical (unpaired) electrons. The van der Waals surface area contributed by atoms with Crippen molar-refractivity contribution in [3.05, 3.63) is 92.0 Å². The van der Waals surface area contributed by atoms with E-state index in [2.05, 4.69) is 5.10 Å². The molecule has 0 saturated carbocycles. The number of aryl methyl sites for hydroxylation is 1. The average Bonchev–Trinajstić information content (AvgIpc) is 2.75. The van der Waals surface area contributed by atoms with Crippen LogP contribution in [0.5, 0.6) is 0 Å². The Bertz CT molecular complexity index is 1180. The van der Waals surface area contributed by atoms with Gasteiger partial charge in [0.25, 0.3) is 11.5 Å². The van der Waals surface area contributed by atoms with Crippen molar-refractivity contribution in [2.45, 2.75) is 27.3 Å². The molecule has 7 nitrogen and oxygen atoms in total. The van der Waals surface area contributed by atoms with Crippen LogP contribution in [0.15, 0.2) is 58.1 Å². The van der Waals surface area contributed by atoms with E-state index >= 15 is 0 Å². The maximum atomic E-state index is 14.1. The molecule has 0 atom stereocenters. The molecule has 0 N–H and O–H groups in total. The predicted molar refractivity (Wildman–Crippen MR) is 112 cm³/mol. The van der Waals surface area contributed by atoms with Gasteiger partial charge in [-0.05, 0) is 38.0 Å². The lowest BCUT2D eigenvalue weighted by molar-refractivity contribution is 0.0761. The van der Waals surface area contributed by atoms with E-state index in [1.54, 1.807) is 45.0 Å². The SMILES string of the molecule is CCN(CC)C(=O)c1nn(-c2ccc(C)c(F)c2)c(=O)n(Cc2ccccc2)c1=O. The third kappa shape index (κ3) is 4.07. The summed E-state index contributed by atoms with van der Waals surface area (Å²) in [5, 5.41) is 4.04. The lowest BCUT2D eigenvalue weighted by Gasteiger charge is -2.19. The maximum absolute atomic E-state index is 14.1. The maximum Gasteiger partial charge on any atom is 0.352 e. The minimum Gasteiger partial charge on any atom is -0.338 e. The number of rotatable bonds is 6. The van der Waals surface area contributed by atoms with Crippen LogP contribution in [0.25, 0.3) is 5.69 Å². The lowest BCUT2D eigenvalue weighted by Crippen LogP contribution is -2.46. The molecule has 8 heteroatoms. The van der Waals surface area contributed by atoms with Crippen molar-refractivity contribution in [1.82, 2.24) is 19.2 Å². The second-order valence-electron chi connectivity index (χ2n) is 6.83. The number of carbonyl (C=O) groups excluding carboxylic acids is 1. The van der Waals surface area contributed by atoms with E-state index < -0.39 is 23.0 Å². The summed E-state index contributed by atoms with van der Waals surface area (Å²) in [5.41, 5.74) is -0.642. The molecule has 0 saturated heterocycles. The largest absolute Gasteiger partial charge is 0.352 e. The highest BCUT2D eigenvalue weighted by Gasteiger charge is 2.23. The van der Waals surface area contributed by atoms with Gasteiger partial charge < -0.3 is 4.90 Å². The molecule has 0 bridgehead atoms. The summed E-state index contributed by atoms with van der Waals surface area (Å²) in [7, 11) is 0. The molecule has 1 aromatic heterocycles. The first-order chi connectivity index (χ1) is 14.4. The highest BCUT2D eigenvalue weighted by atomic mass is 19.1. The van der Waals surface area contributed by atoms with Gasteiger partial charge in [0.05, 0.1) is 12.2 Å². The number of halogens is 1. The summed E-state index contributed by atoms with van der Waals surface area (Å²) in [4.78, 5) is 40.5. The number of carbonyl (C=O) groups is 1. The van der Waals surface area contributed by atoms with Gasteiger partial charge in [0.15, 0.2) is 0 Å². The minimum atomic E-state index is -0.774. The Kier molecular flexibility index (Phi) is 6.25. The van der Waals surface area contributed by atoms with Crippen LogP contribution in [-0.4, -0.2) is 38.2 Å². The van der Waals surface area contributed by atoms with Crippen molar-refractivity contribution in [2.75, 3.05) is 13.1 Å². The molecule has 1 heterocycles. The zero-order chi connectivity index (χ0) is 21.8. The van der Waals surface area contributed by atoms with Crippen molar-refractivity contribution in [1.29, 1.82) is 0 Å². The Morgan fingerprint density at radius 1 is 1.07 bits per heavy atom. The van der Waals surface area contributed by atoms with Crippen LogP contribution in [0.4, 0.5) is 4.39 Å². The Balaban J connectivity index is 2.26. The quantitative estimate of drug-likeness (QED) is 0.625. The lowest BCUT2D eigenvalue weighted by atomic mass is 10.2. The van der Waals surface area contributed by atoms with E-state index in [1.807, 2.05) is 6.07 Å². The summed E-state index contributed by atoms with van der Waals surface area (Å²) in [6, 6.07) is 13.1. The average molecular weight is 410 g/mol. The van der Waals surface area contributed by atoms with Crippen molar-refractivity contribution in [3.8, 4) is 5.69 Å². The van der Waals surface area contributed by atoms with Crippen molar-refractivity contribution < 1.29 is 9.18 Å². The first-order valence-corrected chi connectivity index (χ1v) is 9.71. The first kappa shape index (κ1) is 21.2. The molecule has 0 spiro atoms. The molecule has 3 aromatic rings. The van der Waals surface area contributed by atoms with Gasteiger partial charge >= 0.3 is 5.69 Å². The Labute approximate surface area is 173 Å². The van der Waals surface area contributed by atoms with Crippen LogP contribution in [0, 0.1) is 12.7 Å². The second kappa shape index (κ2) is 8.86. The van der Waals surface area contributed by atoms with Crippen molar-refractivity contribution in [2.24, 2.45) is 0 Å². The Hall–Kier alpha value is -3.55. The van der Waals surface area contributed by atoms with Crippen LogP contribution in [-0.2, 0) is 6.54 Å². The van der Waals surface area contributed by atoms with Gasteiger partial charge in [-0.1, -0.05) is 36.4 Å². The minimum absolute atomic E-state index is 0.0338. The van der Waals surface area contributed by atoms with Gasteiger partial charge in [0, 0.05) is 19.2 Å². The molecule has 30 heavy (non-hydrogen) atoms. The molecule has 0 unspecified atom stereocenters. The van der Waals surface area contributed by atoms with Crippen LogP contribution in [0.3, 0.4) is 0 Å². The van der Waals surface area contributed by atoms with E-state index in [-0.39, 0.29) is 17.9 Å². The molecule has 0 aliphatic rings. The fourth-order valence-corrected chi connectivity index (χ4v) is 3.10. The Morgan fingerprint density at radius 3 is 2.33 bits per heavy atom. The monoisotopic (exact) mass is 410 g/mol. The molecular formula is C22H23FN4O3. The van der Waals surface area contributed by atoms with Gasteiger partial charge in [0.2, 0.25) is 5.69 Å². The number of benzene rings is 2. The number of amides is 1. The van der Waals surface area contributed by atoms with Crippen LogP contribution in [0.1, 0.15) is 35.5 Å². The molecule has 156 valence electrons. The number of nitrogens with zero attached hydrogens (tertiary/aromatic N) is 4. The molecule has 3 rings (SSSR count). The molecule has 1 amide bonds. The summed E-state index contributed by atoms with van der Waals surface area (Å²) >= 11 is 0. The van der Waals surface area contributed by atoms with Gasteiger partial charge in [0.1, 0.15) is 5.82 Å². The predicted octanol–water partition coefficient (Wildman–Crippen LogP) is 2.37. The standard InChI is InChI=1S/C22H23FN4O3/c1-4-25(5-2)20(28)19-21(29)26(14-16-9-7-6-8-10-16)22(30)27(24-19)17-12-11-15(3)18(23)13-17/h6-13H,4-5,14H2,1-3H3. The summed E-state index contributed by atoms with van der Waals surface area (Å²) in [6.07, 6.45) is 0. The van der Waals surface area contributed by atoms with E-state index in [4.69, 9.17) is 0 Å². The van der Waals surface area contributed by atoms with E-state index in [1.165, 1.54) is 17.0 Å². The molecule has 0 aliphatic heterocycles. The molecular weight excluding hydrogens is 387 g/mol.